The number of β-amino-alcohol motifs (C(OH)–C–C–N with tert-alkyl or cyclic N) is 1. The second-order valence-corrected chi connectivity index (χ2v) is 5.43. The van der Waals surface area contributed by atoms with Crippen LogP contribution in [0.4, 0.5) is 19.3 Å². The van der Waals surface area contributed by atoms with Gasteiger partial charge in [0.25, 0.3) is 0 Å². The second kappa shape index (κ2) is 5.94. The van der Waals surface area contributed by atoms with Crippen LogP contribution in [0, 0.1) is 11.6 Å². The summed E-state index contributed by atoms with van der Waals surface area (Å²) < 4.78 is 26.9. The lowest BCUT2D eigenvalue weighted by Gasteiger charge is -2.21. The number of rotatable bonds is 2. The molecule has 6 nitrogen and oxygen atoms in total. The molecule has 1 saturated heterocycles. The van der Waals surface area contributed by atoms with Crippen molar-refractivity contribution >= 4 is 33.6 Å². The summed E-state index contributed by atoms with van der Waals surface area (Å²) in [5.74, 6) is -2.92. The molecular formula is C12H11BrF2N2O4. The van der Waals surface area contributed by atoms with E-state index in [2.05, 4.69) is 21.2 Å². The fourth-order valence-electron chi connectivity index (χ4n) is 2.08. The smallest absolute Gasteiger partial charge is 0.326 e. The molecule has 1 aromatic carbocycles. The predicted molar refractivity (Wildman–Crippen MR) is 71.8 cm³/mol. The first-order valence-corrected chi connectivity index (χ1v) is 6.72. The van der Waals surface area contributed by atoms with E-state index in [0.717, 1.165) is 17.0 Å². The molecule has 0 radical (unpaired) electrons. The Morgan fingerprint density at radius 3 is 2.62 bits per heavy atom. The molecule has 0 bridgehead atoms. The maximum Gasteiger partial charge on any atom is 0.326 e. The molecule has 2 atom stereocenters. The molecule has 1 aliphatic rings. The SMILES string of the molecule is O=C(O)[C@H]1C[C@@H](O)CN1C(=O)Nc1cc(F)c(Br)cc1F. The van der Waals surface area contributed by atoms with Gasteiger partial charge in [0, 0.05) is 19.0 Å². The quantitative estimate of drug-likeness (QED) is 0.697. The number of hydrogen-bond acceptors (Lipinski definition) is 3. The van der Waals surface area contributed by atoms with Gasteiger partial charge in [0.2, 0.25) is 0 Å². The molecule has 21 heavy (non-hydrogen) atoms. The molecule has 0 unspecified atom stereocenters. The monoisotopic (exact) mass is 364 g/mol. The number of carbonyl (C=O) groups is 2. The highest BCUT2D eigenvalue weighted by molar-refractivity contribution is 9.10. The number of nitrogens with one attached hydrogen (secondary N) is 1. The Morgan fingerprint density at radius 2 is 2.00 bits per heavy atom. The molecule has 0 spiro atoms. The fraction of sp³-hybridized carbons (Fsp3) is 0.333. The molecule has 0 aliphatic carbocycles. The van der Waals surface area contributed by atoms with Crippen molar-refractivity contribution in [1.82, 2.24) is 4.90 Å². The van der Waals surface area contributed by atoms with Crippen LogP contribution in [-0.4, -0.2) is 45.8 Å². The van der Waals surface area contributed by atoms with E-state index in [0.29, 0.717) is 0 Å². The van der Waals surface area contributed by atoms with Crippen molar-refractivity contribution in [1.29, 1.82) is 0 Å². The summed E-state index contributed by atoms with van der Waals surface area (Å²) in [5, 5.41) is 20.5. The Labute approximate surface area is 126 Å². The number of benzene rings is 1. The molecule has 114 valence electrons. The van der Waals surface area contributed by atoms with E-state index >= 15 is 0 Å². The topological polar surface area (TPSA) is 89.9 Å². The molecule has 1 fully saturated rings. The molecule has 2 amide bonds. The summed E-state index contributed by atoms with van der Waals surface area (Å²) in [4.78, 5) is 23.8. The van der Waals surface area contributed by atoms with Crippen LogP contribution >= 0.6 is 15.9 Å². The third kappa shape index (κ3) is 3.30. The Morgan fingerprint density at radius 1 is 1.33 bits per heavy atom. The number of likely N-dealkylation sites (tertiary alicyclic amines) is 1. The molecule has 2 rings (SSSR count). The van der Waals surface area contributed by atoms with Crippen molar-refractivity contribution in [3.05, 3.63) is 28.2 Å². The second-order valence-electron chi connectivity index (χ2n) is 4.57. The zero-order valence-corrected chi connectivity index (χ0v) is 12.1. The average molecular weight is 365 g/mol. The van der Waals surface area contributed by atoms with E-state index in [4.69, 9.17) is 5.11 Å². The van der Waals surface area contributed by atoms with Crippen molar-refractivity contribution in [2.45, 2.75) is 18.6 Å². The van der Waals surface area contributed by atoms with Gasteiger partial charge in [-0.25, -0.2) is 18.4 Å². The molecule has 3 N–H and O–H groups in total. The molecule has 1 heterocycles. The number of nitrogens with zero attached hydrogens (tertiary/aromatic N) is 1. The van der Waals surface area contributed by atoms with Gasteiger partial charge in [-0.1, -0.05) is 0 Å². The summed E-state index contributed by atoms with van der Waals surface area (Å²) in [7, 11) is 0. The summed E-state index contributed by atoms with van der Waals surface area (Å²) in [5.41, 5.74) is -0.411. The van der Waals surface area contributed by atoms with Crippen molar-refractivity contribution in [3.8, 4) is 0 Å². The van der Waals surface area contributed by atoms with Gasteiger partial charge in [0.1, 0.15) is 17.7 Å². The first-order valence-electron chi connectivity index (χ1n) is 5.92. The van der Waals surface area contributed by atoms with Crippen molar-refractivity contribution in [2.75, 3.05) is 11.9 Å². The molecule has 0 saturated carbocycles. The lowest BCUT2D eigenvalue weighted by Crippen LogP contribution is -2.43. The average Bonchev–Trinajstić information content (AvgIpc) is 2.78. The van der Waals surface area contributed by atoms with Gasteiger partial charge >= 0.3 is 12.0 Å². The van der Waals surface area contributed by atoms with Crippen molar-refractivity contribution < 1.29 is 28.6 Å². The van der Waals surface area contributed by atoms with Gasteiger partial charge < -0.3 is 20.4 Å². The van der Waals surface area contributed by atoms with E-state index in [1.165, 1.54) is 0 Å². The third-order valence-corrected chi connectivity index (χ3v) is 3.68. The van der Waals surface area contributed by atoms with Crippen LogP contribution in [0.3, 0.4) is 0 Å². The number of amides is 2. The highest BCUT2D eigenvalue weighted by Crippen LogP contribution is 2.25. The van der Waals surface area contributed by atoms with Gasteiger partial charge in [-0.05, 0) is 22.0 Å². The number of aliphatic hydroxyl groups excluding tert-OH is 1. The Hall–Kier alpha value is -1.74. The lowest BCUT2D eigenvalue weighted by atomic mass is 10.2. The lowest BCUT2D eigenvalue weighted by molar-refractivity contribution is -0.141. The van der Waals surface area contributed by atoms with Crippen molar-refractivity contribution in [2.24, 2.45) is 0 Å². The number of hydrogen-bond donors (Lipinski definition) is 3. The number of halogens is 3. The summed E-state index contributed by atoms with van der Waals surface area (Å²) in [6.45, 7) is -0.191. The molecule has 9 heteroatoms. The van der Waals surface area contributed by atoms with Crippen LogP contribution < -0.4 is 5.32 Å². The highest BCUT2D eigenvalue weighted by atomic mass is 79.9. The van der Waals surface area contributed by atoms with E-state index in [9.17, 15) is 23.5 Å². The van der Waals surface area contributed by atoms with E-state index in [1.807, 2.05) is 0 Å². The number of carbonyl (C=O) groups excluding carboxylic acids is 1. The van der Waals surface area contributed by atoms with E-state index in [1.54, 1.807) is 0 Å². The molecular weight excluding hydrogens is 354 g/mol. The summed E-state index contributed by atoms with van der Waals surface area (Å²) in [6.07, 6.45) is -1.08. The number of aliphatic hydroxyl groups is 1. The fourth-order valence-corrected chi connectivity index (χ4v) is 2.39. The molecule has 1 aliphatic heterocycles. The van der Waals surface area contributed by atoms with Crippen LogP contribution in [0.15, 0.2) is 16.6 Å². The number of aliphatic carboxylic acids is 1. The van der Waals surface area contributed by atoms with E-state index in [-0.39, 0.29) is 17.4 Å². The number of anilines is 1. The van der Waals surface area contributed by atoms with Crippen LogP contribution in [0.25, 0.3) is 0 Å². The normalized spacial score (nSPS) is 21.4. The van der Waals surface area contributed by atoms with Gasteiger partial charge in [0.05, 0.1) is 16.3 Å². The third-order valence-electron chi connectivity index (χ3n) is 3.08. The van der Waals surface area contributed by atoms with Crippen LogP contribution in [0.1, 0.15) is 6.42 Å². The minimum Gasteiger partial charge on any atom is -0.480 e. The number of urea groups is 1. The maximum atomic E-state index is 13.6. The molecule has 0 aromatic heterocycles. The predicted octanol–water partition coefficient (Wildman–Crippen LogP) is 1.78. The Kier molecular flexibility index (Phi) is 4.43. The largest absolute Gasteiger partial charge is 0.480 e. The maximum absolute atomic E-state index is 13.6. The first-order chi connectivity index (χ1) is 9.79. The first kappa shape index (κ1) is 15.6. The van der Waals surface area contributed by atoms with Gasteiger partial charge in [-0.15, -0.1) is 0 Å². The Balaban J connectivity index is 2.18. The minimum absolute atomic E-state index is 0.0991. The number of carboxylic acids is 1. The van der Waals surface area contributed by atoms with Crippen molar-refractivity contribution in [3.63, 3.8) is 0 Å². The standard InChI is InChI=1S/C12H11BrF2N2O4/c13-6-2-8(15)9(3-7(6)14)16-12(21)17-4-5(18)1-10(17)11(19)20/h2-3,5,10,18H,1,4H2,(H,16,21)(H,19,20)/t5-,10-/m1/s1. The minimum atomic E-state index is -1.27. The Bertz CT molecular complexity index is 599. The number of carboxylic acid groups (broad SMARTS) is 1. The molecule has 1 aromatic rings. The van der Waals surface area contributed by atoms with E-state index < -0.39 is 41.5 Å². The summed E-state index contributed by atoms with van der Waals surface area (Å²) >= 11 is 2.80. The van der Waals surface area contributed by atoms with Gasteiger partial charge in [0.15, 0.2) is 0 Å². The zero-order valence-electron chi connectivity index (χ0n) is 10.5. The zero-order chi connectivity index (χ0) is 15.7. The van der Waals surface area contributed by atoms with Crippen LogP contribution in [0.5, 0.6) is 0 Å². The van der Waals surface area contributed by atoms with Gasteiger partial charge in [-0.3, -0.25) is 0 Å². The highest BCUT2D eigenvalue weighted by Gasteiger charge is 2.39. The van der Waals surface area contributed by atoms with Crippen LogP contribution in [-0.2, 0) is 4.79 Å². The summed E-state index contributed by atoms with van der Waals surface area (Å²) in [6, 6.07) is -0.499. The van der Waals surface area contributed by atoms with Gasteiger partial charge in [-0.2, -0.15) is 0 Å². The van der Waals surface area contributed by atoms with Crippen LogP contribution in [0.2, 0.25) is 0 Å².